The number of aliphatic carboxylic acids is 1. The van der Waals surface area contributed by atoms with Gasteiger partial charge < -0.3 is 10.4 Å². The molecule has 0 atom stereocenters. The Morgan fingerprint density at radius 3 is 2.58 bits per heavy atom. The normalized spacial score (nSPS) is 10.8. The fourth-order valence-electron chi connectivity index (χ4n) is 1.27. The Balaban J connectivity index is 2.36. The Morgan fingerprint density at radius 2 is 2.05 bits per heavy atom. The Kier molecular flexibility index (Phi) is 5.05. The van der Waals surface area contributed by atoms with E-state index in [1.54, 1.807) is 0 Å². The van der Waals surface area contributed by atoms with Gasteiger partial charge in [-0.3, -0.25) is 14.9 Å². The highest BCUT2D eigenvalue weighted by Crippen LogP contribution is 2.19. The molecule has 0 unspecified atom stereocenters. The van der Waals surface area contributed by atoms with Crippen LogP contribution in [0.5, 0.6) is 0 Å². The molecule has 1 aromatic rings. The molecular weight excluding hydrogens is 268 g/mol. The van der Waals surface area contributed by atoms with Gasteiger partial charge in [-0.25, -0.2) is 4.79 Å². The molecule has 6 nitrogen and oxygen atoms in total. The van der Waals surface area contributed by atoms with Crippen molar-refractivity contribution >= 4 is 29.2 Å². The highest BCUT2D eigenvalue weighted by Gasteiger charge is 2.30. The molecule has 1 rings (SSSR count). The molecule has 104 valence electrons. The number of amides is 3. The van der Waals surface area contributed by atoms with Crippen molar-refractivity contribution in [3.8, 4) is 0 Å². The molecule has 7 heteroatoms. The molecule has 0 spiro atoms. The van der Waals surface area contributed by atoms with E-state index in [0.29, 0.717) is 6.54 Å². The monoisotopic (exact) mass is 284 g/mol. The molecule has 1 aromatic heterocycles. The molecule has 0 fully saturated rings. The first-order chi connectivity index (χ1) is 8.81. The minimum Gasteiger partial charge on any atom is -0.481 e. The third-order valence-corrected chi connectivity index (χ3v) is 3.31. The molecule has 3 N–H and O–H groups in total. The first kappa shape index (κ1) is 15.2. The lowest BCUT2D eigenvalue weighted by Crippen LogP contribution is -2.41. The number of carbonyl (C=O) groups is 3. The highest BCUT2D eigenvalue weighted by atomic mass is 32.1. The van der Waals surface area contributed by atoms with Gasteiger partial charge in [0.05, 0.1) is 12.0 Å². The average molecular weight is 284 g/mol. The van der Waals surface area contributed by atoms with Crippen LogP contribution in [0, 0.1) is 5.41 Å². The van der Waals surface area contributed by atoms with E-state index in [0.717, 1.165) is 4.88 Å². The smallest absolute Gasteiger partial charge is 0.321 e. The first-order valence-electron chi connectivity index (χ1n) is 5.65. The van der Waals surface area contributed by atoms with E-state index in [9.17, 15) is 14.4 Å². The quantitative estimate of drug-likeness (QED) is 0.765. The summed E-state index contributed by atoms with van der Waals surface area (Å²) in [6.45, 7) is 3.19. The van der Waals surface area contributed by atoms with Gasteiger partial charge in [0.1, 0.15) is 0 Å². The van der Waals surface area contributed by atoms with Gasteiger partial charge in [-0.05, 0) is 25.3 Å². The molecule has 0 aromatic carbocycles. The lowest BCUT2D eigenvalue weighted by molar-refractivity contribution is -0.149. The summed E-state index contributed by atoms with van der Waals surface area (Å²) >= 11 is 1.49. The lowest BCUT2D eigenvalue weighted by atomic mass is 9.89. The average Bonchev–Trinajstić information content (AvgIpc) is 2.77. The summed E-state index contributed by atoms with van der Waals surface area (Å²) in [6, 6.07) is 3.10. The summed E-state index contributed by atoms with van der Waals surface area (Å²) in [6.07, 6.45) is -0.255. The molecule has 1 heterocycles. The van der Waals surface area contributed by atoms with E-state index in [1.807, 2.05) is 17.5 Å². The van der Waals surface area contributed by atoms with E-state index in [1.165, 1.54) is 25.2 Å². The van der Waals surface area contributed by atoms with Crippen LogP contribution >= 0.6 is 11.3 Å². The maximum atomic E-state index is 11.5. The number of thiophene rings is 1. The predicted molar refractivity (Wildman–Crippen MR) is 70.7 cm³/mol. The Morgan fingerprint density at radius 1 is 1.37 bits per heavy atom. The zero-order valence-electron chi connectivity index (χ0n) is 10.7. The summed E-state index contributed by atoms with van der Waals surface area (Å²) in [7, 11) is 0. The van der Waals surface area contributed by atoms with Crippen LogP contribution in [0.4, 0.5) is 4.79 Å². The van der Waals surface area contributed by atoms with Crippen molar-refractivity contribution in [2.24, 2.45) is 5.41 Å². The van der Waals surface area contributed by atoms with Gasteiger partial charge in [0.2, 0.25) is 5.91 Å². The number of carbonyl (C=O) groups excluding carboxylic acids is 2. The summed E-state index contributed by atoms with van der Waals surface area (Å²) < 4.78 is 0. The van der Waals surface area contributed by atoms with Crippen LogP contribution in [-0.4, -0.2) is 23.0 Å². The highest BCUT2D eigenvalue weighted by molar-refractivity contribution is 7.09. The number of imide groups is 1. The molecule has 0 saturated heterocycles. The van der Waals surface area contributed by atoms with E-state index in [2.05, 4.69) is 10.6 Å². The minimum absolute atomic E-state index is 0.255. The second kappa shape index (κ2) is 6.33. The third-order valence-electron chi connectivity index (χ3n) is 2.44. The van der Waals surface area contributed by atoms with Gasteiger partial charge in [0, 0.05) is 11.3 Å². The van der Waals surface area contributed by atoms with Crippen molar-refractivity contribution in [2.45, 2.75) is 26.8 Å². The number of hydrogen-bond acceptors (Lipinski definition) is 4. The van der Waals surface area contributed by atoms with Crippen LogP contribution in [0.25, 0.3) is 0 Å². The number of rotatable bonds is 5. The van der Waals surface area contributed by atoms with Crippen LogP contribution in [0.3, 0.4) is 0 Å². The van der Waals surface area contributed by atoms with Crippen molar-refractivity contribution in [1.29, 1.82) is 0 Å². The van der Waals surface area contributed by atoms with E-state index in [4.69, 9.17) is 5.11 Å². The van der Waals surface area contributed by atoms with Crippen molar-refractivity contribution < 1.29 is 19.5 Å². The van der Waals surface area contributed by atoms with Crippen molar-refractivity contribution in [2.75, 3.05) is 0 Å². The van der Waals surface area contributed by atoms with Crippen molar-refractivity contribution in [3.05, 3.63) is 22.4 Å². The van der Waals surface area contributed by atoms with Gasteiger partial charge >= 0.3 is 12.0 Å². The van der Waals surface area contributed by atoms with Crippen LogP contribution in [0.1, 0.15) is 25.1 Å². The van der Waals surface area contributed by atoms with E-state index >= 15 is 0 Å². The topological polar surface area (TPSA) is 95.5 Å². The summed E-state index contributed by atoms with van der Waals surface area (Å²) in [5, 5.41) is 15.4. The Labute approximate surface area is 114 Å². The van der Waals surface area contributed by atoms with E-state index in [-0.39, 0.29) is 6.42 Å². The molecule has 0 bridgehead atoms. The largest absolute Gasteiger partial charge is 0.481 e. The lowest BCUT2D eigenvalue weighted by Gasteiger charge is -2.17. The molecule has 0 saturated carbocycles. The van der Waals surface area contributed by atoms with Crippen LogP contribution in [-0.2, 0) is 16.1 Å². The Bertz CT molecular complexity index is 468. The first-order valence-corrected chi connectivity index (χ1v) is 6.53. The molecule has 0 aliphatic rings. The summed E-state index contributed by atoms with van der Waals surface area (Å²) in [5.41, 5.74) is -1.20. The number of carboxylic acids is 1. The molecular formula is C12H16N2O4S. The van der Waals surface area contributed by atoms with Crippen LogP contribution in [0.15, 0.2) is 17.5 Å². The molecule has 19 heavy (non-hydrogen) atoms. The van der Waals surface area contributed by atoms with Crippen LogP contribution < -0.4 is 10.6 Å². The fourth-order valence-corrected chi connectivity index (χ4v) is 1.92. The summed E-state index contributed by atoms with van der Waals surface area (Å²) in [4.78, 5) is 34.7. The zero-order chi connectivity index (χ0) is 14.5. The molecule has 3 amide bonds. The maximum Gasteiger partial charge on any atom is 0.321 e. The number of hydrogen-bond donors (Lipinski definition) is 3. The van der Waals surface area contributed by atoms with Gasteiger partial charge in [-0.1, -0.05) is 6.07 Å². The van der Waals surface area contributed by atoms with Gasteiger partial charge in [-0.2, -0.15) is 0 Å². The second-order valence-corrected chi connectivity index (χ2v) is 5.71. The standard InChI is InChI=1S/C12H16N2O4S/c1-12(2,10(16)17)6-9(15)14-11(18)13-7-8-4-3-5-19-8/h3-5H,6-7H2,1-2H3,(H,16,17)(H2,13,14,15,18). The minimum atomic E-state index is -1.20. The predicted octanol–water partition coefficient (Wildman–Crippen LogP) is 1.57. The third kappa shape index (κ3) is 5.09. The molecule has 0 aliphatic carbocycles. The SMILES string of the molecule is CC(C)(CC(=O)NC(=O)NCc1cccs1)C(=O)O. The van der Waals surface area contributed by atoms with E-state index < -0.39 is 23.3 Å². The van der Waals surface area contributed by atoms with Gasteiger partial charge in [0.15, 0.2) is 0 Å². The maximum absolute atomic E-state index is 11.5. The van der Waals surface area contributed by atoms with Crippen LogP contribution in [0.2, 0.25) is 0 Å². The molecule has 0 radical (unpaired) electrons. The fraction of sp³-hybridized carbons (Fsp3) is 0.417. The molecule has 0 aliphatic heterocycles. The number of nitrogens with one attached hydrogen (secondary N) is 2. The summed E-state index contributed by atoms with van der Waals surface area (Å²) in [5.74, 6) is -1.70. The Hall–Kier alpha value is -1.89. The van der Waals surface area contributed by atoms with Gasteiger partial charge in [0.25, 0.3) is 0 Å². The van der Waals surface area contributed by atoms with Crippen molar-refractivity contribution in [3.63, 3.8) is 0 Å². The van der Waals surface area contributed by atoms with Crippen molar-refractivity contribution in [1.82, 2.24) is 10.6 Å². The zero-order valence-corrected chi connectivity index (χ0v) is 11.5. The number of carboxylic acid groups (broad SMARTS) is 1. The van der Waals surface area contributed by atoms with Gasteiger partial charge in [-0.15, -0.1) is 11.3 Å². The second-order valence-electron chi connectivity index (χ2n) is 4.68. The number of urea groups is 1.